The number of benzene rings is 6. The number of para-hydroxylation sites is 2. The fraction of sp³-hybridized carbons (Fsp3) is 0. The normalized spacial score (nSPS) is 11.3. The van der Waals surface area contributed by atoms with Gasteiger partial charge in [0.2, 0.25) is 0 Å². The van der Waals surface area contributed by atoms with Crippen LogP contribution in [-0.2, 0) is 0 Å². The van der Waals surface area contributed by atoms with Crippen molar-refractivity contribution < 1.29 is 4.42 Å². The molecule has 3 nitrogen and oxygen atoms in total. The molecular formula is C40H26N2O. The molecule has 0 radical (unpaired) electrons. The minimum Gasteiger partial charge on any atom is -0.455 e. The van der Waals surface area contributed by atoms with Crippen molar-refractivity contribution >= 4 is 21.9 Å². The van der Waals surface area contributed by atoms with Crippen molar-refractivity contribution in [3.63, 3.8) is 0 Å². The number of rotatable bonds is 5. The van der Waals surface area contributed by atoms with E-state index in [-0.39, 0.29) is 0 Å². The topological polar surface area (TPSA) is 38.9 Å². The van der Waals surface area contributed by atoms with E-state index in [9.17, 15) is 0 Å². The summed E-state index contributed by atoms with van der Waals surface area (Å²) in [6.07, 6.45) is 0. The van der Waals surface area contributed by atoms with Crippen LogP contribution in [0.25, 0.3) is 78.1 Å². The molecule has 6 aromatic carbocycles. The van der Waals surface area contributed by atoms with Crippen LogP contribution in [0.1, 0.15) is 0 Å². The Kier molecular flexibility index (Phi) is 6.12. The third-order valence-electron chi connectivity index (χ3n) is 7.90. The van der Waals surface area contributed by atoms with Crippen LogP contribution in [0.2, 0.25) is 0 Å². The Bertz CT molecular complexity index is 2180. The molecule has 202 valence electrons. The first-order chi connectivity index (χ1) is 21.3. The Morgan fingerprint density at radius 3 is 1.58 bits per heavy atom. The molecule has 8 aromatic rings. The smallest absolute Gasteiger partial charge is 0.160 e. The Morgan fingerprint density at radius 2 is 0.884 bits per heavy atom. The van der Waals surface area contributed by atoms with Crippen molar-refractivity contribution in [2.75, 3.05) is 0 Å². The van der Waals surface area contributed by atoms with Crippen LogP contribution in [0.4, 0.5) is 0 Å². The number of aromatic nitrogens is 2. The van der Waals surface area contributed by atoms with Gasteiger partial charge in [0.15, 0.2) is 5.82 Å². The molecule has 0 aliphatic heterocycles. The summed E-state index contributed by atoms with van der Waals surface area (Å²) in [5.41, 5.74) is 11.1. The summed E-state index contributed by atoms with van der Waals surface area (Å²) in [4.78, 5) is 10.1. The van der Waals surface area contributed by atoms with E-state index in [4.69, 9.17) is 14.4 Å². The summed E-state index contributed by atoms with van der Waals surface area (Å²) in [6, 6.07) is 54.3. The largest absolute Gasteiger partial charge is 0.455 e. The van der Waals surface area contributed by atoms with Crippen LogP contribution in [-0.4, -0.2) is 9.97 Å². The Morgan fingerprint density at radius 1 is 0.372 bits per heavy atom. The minimum atomic E-state index is 0.699. The van der Waals surface area contributed by atoms with E-state index in [2.05, 4.69) is 109 Å². The number of hydrogen-bond donors (Lipinski definition) is 0. The molecule has 0 spiro atoms. The molecule has 8 rings (SSSR count). The van der Waals surface area contributed by atoms with Crippen LogP contribution in [0.15, 0.2) is 162 Å². The summed E-state index contributed by atoms with van der Waals surface area (Å²) in [5, 5.41) is 2.26. The second-order valence-corrected chi connectivity index (χ2v) is 10.6. The Balaban J connectivity index is 1.22. The Labute approximate surface area is 249 Å². The standard InChI is InChI=1S/C40H26N2O/c1-3-12-27(13-4-1)36-26-37(28-14-5-2-6-15-28)42-40(41-36)32-19-10-17-30(25-32)29-16-9-18-31(24-29)33-21-11-22-35-34-20-7-8-23-38(34)43-39(33)35/h1-26H. The molecule has 43 heavy (non-hydrogen) atoms. The summed E-state index contributed by atoms with van der Waals surface area (Å²) in [5.74, 6) is 0.699. The summed E-state index contributed by atoms with van der Waals surface area (Å²) < 4.78 is 6.34. The Hall–Kier alpha value is -5.80. The van der Waals surface area contributed by atoms with E-state index in [1.807, 2.05) is 48.5 Å². The van der Waals surface area contributed by atoms with Gasteiger partial charge >= 0.3 is 0 Å². The first-order valence-electron chi connectivity index (χ1n) is 14.4. The third kappa shape index (κ3) is 4.67. The predicted molar refractivity (Wildman–Crippen MR) is 176 cm³/mol. The van der Waals surface area contributed by atoms with E-state index in [0.717, 1.165) is 72.3 Å². The quantitative estimate of drug-likeness (QED) is 0.214. The zero-order valence-corrected chi connectivity index (χ0v) is 23.3. The lowest BCUT2D eigenvalue weighted by atomic mass is 9.96. The van der Waals surface area contributed by atoms with Crippen LogP contribution >= 0.6 is 0 Å². The van der Waals surface area contributed by atoms with Crippen molar-refractivity contribution in [2.45, 2.75) is 0 Å². The van der Waals surface area contributed by atoms with Gasteiger partial charge in [-0.3, -0.25) is 0 Å². The zero-order valence-electron chi connectivity index (χ0n) is 23.3. The van der Waals surface area contributed by atoms with Gasteiger partial charge in [0, 0.05) is 33.0 Å². The zero-order chi connectivity index (χ0) is 28.6. The van der Waals surface area contributed by atoms with Crippen LogP contribution in [0.5, 0.6) is 0 Å². The van der Waals surface area contributed by atoms with E-state index in [1.165, 1.54) is 0 Å². The molecule has 2 aromatic heterocycles. The first-order valence-corrected chi connectivity index (χ1v) is 14.4. The molecule has 0 saturated heterocycles. The van der Waals surface area contributed by atoms with Gasteiger partial charge in [-0.1, -0.05) is 133 Å². The van der Waals surface area contributed by atoms with Gasteiger partial charge in [0.1, 0.15) is 11.2 Å². The average Bonchev–Trinajstić information content (AvgIpc) is 3.48. The number of furan rings is 1. The fourth-order valence-electron chi connectivity index (χ4n) is 5.77. The predicted octanol–water partition coefficient (Wildman–Crippen LogP) is 10.7. The van der Waals surface area contributed by atoms with Gasteiger partial charge in [-0.25, -0.2) is 9.97 Å². The maximum Gasteiger partial charge on any atom is 0.160 e. The molecule has 0 fully saturated rings. The highest BCUT2D eigenvalue weighted by molar-refractivity contribution is 6.09. The molecule has 0 unspecified atom stereocenters. The lowest BCUT2D eigenvalue weighted by Gasteiger charge is -2.11. The lowest BCUT2D eigenvalue weighted by molar-refractivity contribution is 0.670. The lowest BCUT2D eigenvalue weighted by Crippen LogP contribution is -1.96. The van der Waals surface area contributed by atoms with Crippen molar-refractivity contribution in [3.8, 4) is 56.2 Å². The fourth-order valence-corrected chi connectivity index (χ4v) is 5.77. The van der Waals surface area contributed by atoms with Crippen LogP contribution in [0.3, 0.4) is 0 Å². The molecule has 0 aliphatic carbocycles. The summed E-state index contributed by atoms with van der Waals surface area (Å²) >= 11 is 0. The van der Waals surface area contributed by atoms with Crippen LogP contribution in [0, 0.1) is 0 Å². The van der Waals surface area contributed by atoms with Crippen LogP contribution < -0.4 is 0 Å². The highest BCUT2D eigenvalue weighted by Gasteiger charge is 2.14. The number of nitrogens with zero attached hydrogens (tertiary/aromatic N) is 2. The van der Waals surface area contributed by atoms with E-state index in [1.54, 1.807) is 0 Å². The third-order valence-corrected chi connectivity index (χ3v) is 7.90. The maximum atomic E-state index is 6.34. The molecule has 0 aliphatic rings. The molecule has 0 bridgehead atoms. The van der Waals surface area contributed by atoms with Gasteiger partial charge in [0.05, 0.1) is 11.4 Å². The molecule has 3 heteroatoms. The van der Waals surface area contributed by atoms with E-state index < -0.39 is 0 Å². The molecule has 0 atom stereocenters. The average molecular weight is 551 g/mol. The first kappa shape index (κ1) is 25.0. The van der Waals surface area contributed by atoms with Crippen molar-refractivity contribution in [3.05, 3.63) is 158 Å². The monoisotopic (exact) mass is 550 g/mol. The number of hydrogen-bond acceptors (Lipinski definition) is 3. The van der Waals surface area contributed by atoms with Crippen molar-refractivity contribution in [2.24, 2.45) is 0 Å². The van der Waals surface area contributed by atoms with Gasteiger partial charge in [-0.15, -0.1) is 0 Å². The minimum absolute atomic E-state index is 0.699. The molecule has 0 N–H and O–H groups in total. The maximum absolute atomic E-state index is 6.34. The highest BCUT2D eigenvalue weighted by Crippen LogP contribution is 2.37. The SMILES string of the molecule is c1ccc(-c2cc(-c3ccccc3)nc(-c3cccc(-c4cccc(-c5cccc6c5oc5ccccc56)c4)c3)n2)cc1. The van der Waals surface area contributed by atoms with Gasteiger partial charge in [-0.05, 0) is 41.0 Å². The van der Waals surface area contributed by atoms with Crippen molar-refractivity contribution in [1.82, 2.24) is 9.97 Å². The van der Waals surface area contributed by atoms with Gasteiger partial charge in [0.25, 0.3) is 0 Å². The van der Waals surface area contributed by atoms with Gasteiger partial charge in [-0.2, -0.15) is 0 Å². The molecule has 2 heterocycles. The van der Waals surface area contributed by atoms with E-state index >= 15 is 0 Å². The molecule has 0 saturated carbocycles. The summed E-state index contributed by atoms with van der Waals surface area (Å²) in [7, 11) is 0. The number of fused-ring (bicyclic) bond motifs is 3. The molecular weight excluding hydrogens is 524 g/mol. The summed E-state index contributed by atoms with van der Waals surface area (Å²) in [6.45, 7) is 0. The van der Waals surface area contributed by atoms with Crippen molar-refractivity contribution in [1.29, 1.82) is 0 Å². The molecule has 0 amide bonds. The second-order valence-electron chi connectivity index (χ2n) is 10.6. The van der Waals surface area contributed by atoms with E-state index in [0.29, 0.717) is 5.82 Å². The highest BCUT2D eigenvalue weighted by atomic mass is 16.3. The van der Waals surface area contributed by atoms with Gasteiger partial charge < -0.3 is 4.42 Å². The second kappa shape index (κ2) is 10.6.